The van der Waals surface area contributed by atoms with Gasteiger partial charge in [0.25, 0.3) is 10.1 Å². The first-order chi connectivity index (χ1) is 6.34. The van der Waals surface area contributed by atoms with Crippen molar-refractivity contribution in [3.63, 3.8) is 0 Å². The van der Waals surface area contributed by atoms with Crippen molar-refractivity contribution >= 4 is 10.1 Å². The van der Waals surface area contributed by atoms with E-state index in [9.17, 15) is 8.42 Å². The Bertz CT molecular complexity index is 300. The lowest BCUT2D eigenvalue weighted by Crippen LogP contribution is -2.33. The maximum atomic E-state index is 11.1. The van der Waals surface area contributed by atoms with Crippen LogP contribution in [0.1, 0.15) is 33.6 Å². The van der Waals surface area contributed by atoms with Gasteiger partial charge in [-0.05, 0) is 12.3 Å². The second kappa shape index (κ2) is 5.38. The molecule has 0 saturated carbocycles. The molecule has 0 fully saturated rings. The highest BCUT2D eigenvalue weighted by atomic mass is 32.2. The van der Waals surface area contributed by atoms with Gasteiger partial charge in [-0.25, -0.2) is 0 Å². The molecule has 0 aliphatic rings. The topological polar surface area (TPSA) is 54.4 Å². The van der Waals surface area contributed by atoms with Crippen LogP contribution in [0.3, 0.4) is 0 Å². The van der Waals surface area contributed by atoms with E-state index in [1.165, 1.54) is 0 Å². The van der Waals surface area contributed by atoms with Crippen LogP contribution in [0.2, 0.25) is 0 Å². The third kappa shape index (κ3) is 3.69. The van der Waals surface area contributed by atoms with E-state index in [1.807, 2.05) is 6.92 Å². The van der Waals surface area contributed by atoms with Gasteiger partial charge in [-0.3, -0.25) is 4.55 Å². The molecule has 82 valence electrons. The fraction of sp³-hybridized carbons (Fsp3) is 0.800. The standard InChI is InChI=1S/C10H18O3S/c1-5-7-9(4)10(8(3)6-2)14(11,12)13/h2,8-10H,5,7H2,1,3-4H3,(H,11,12,13)/t8-,9+,10?/m0/s1. The molecule has 14 heavy (non-hydrogen) atoms. The number of terminal acetylenes is 1. The van der Waals surface area contributed by atoms with Crippen LogP contribution < -0.4 is 0 Å². The van der Waals surface area contributed by atoms with Crippen molar-refractivity contribution < 1.29 is 13.0 Å². The van der Waals surface area contributed by atoms with Crippen LogP contribution in [0, 0.1) is 24.2 Å². The maximum Gasteiger partial charge on any atom is 0.269 e. The Balaban J connectivity index is 4.85. The Labute approximate surface area is 86.7 Å². The van der Waals surface area contributed by atoms with Gasteiger partial charge >= 0.3 is 0 Å². The van der Waals surface area contributed by atoms with Gasteiger partial charge in [0.1, 0.15) is 5.25 Å². The Hall–Kier alpha value is -0.530. The quantitative estimate of drug-likeness (QED) is 0.567. The van der Waals surface area contributed by atoms with E-state index in [-0.39, 0.29) is 5.92 Å². The molecule has 3 atom stereocenters. The summed E-state index contributed by atoms with van der Waals surface area (Å²) in [7, 11) is -4.04. The average molecular weight is 218 g/mol. The van der Waals surface area contributed by atoms with Crippen molar-refractivity contribution in [1.29, 1.82) is 0 Å². The summed E-state index contributed by atoms with van der Waals surface area (Å²) in [6.07, 6.45) is 6.80. The van der Waals surface area contributed by atoms with Crippen molar-refractivity contribution in [2.45, 2.75) is 38.9 Å². The Morgan fingerprint density at radius 3 is 2.21 bits per heavy atom. The molecule has 0 aliphatic heterocycles. The highest BCUT2D eigenvalue weighted by molar-refractivity contribution is 7.86. The third-order valence-corrected chi connectivity index (χ3v) is 3.97. The number of rotatable bonds is 5. The predicted octanol–water partition coefficient (Wildman–Crippen LogP) is 1.95. The molecule has 0 bridgehead atoms. The van der Waals surface area contributed by atoms with Crippen LogP contribution in [0.25, 0.3) is 0 Å². The van der Waals surface area contributed by atoms with Gasteiger partial charge in [-0.1, -0.05) is 27.2 Å². The summed E-state index contributed by atoms with van der Waals surface area (Å²) >= 11 is 0. The highest BCUT2D eigenvalue weighted by Gasteiger charge is 2.32. The first kappa shape index (κ1) is 13.5. The number of hydrogen-bond acceptors (Lipinski definition) is 2. The van der Waals surface area contributed by atoms with Crippen LogP contribution >= 0.6 is 0 Å². The lowest BCUT2D eigenvalue weighted by Gasteiger charge is -2.23. The van der Waals surface area contributed by atoms with Crippen LogP contribution in [0.5, 0.6) is 0 Å². The summed E-state index contributed by atoms with van der Waals surface area (Å²) in [6, 6.07) is 0. The summed E-state index contributed by atoms with van der Waals surface area (Å²) in [6.45, 7) is 5.42. The first-order valence-corrected chi connectivity index (χ1v) is 6.27. The minimum atomic E-state index is -4.04. The summed E-state index contributed by atoms with van der Waals surface area (Å²) in [4.78, 5) is 0. The molecule has 1 N–H and O–H groups in total. The molecule has 3 nitrogen and oxygen atoms in total. The van der Waals surface area contributed by atoms with Crippen molar-refractivity contribution in [2.24, 2.45) is 11.8 Å². The molecule has 0 spiro atoms. The molecule has 1 unspecified atom stereocenters. The summed E-state index contributed by atoms with van der Waals surface area (Å²) < 4.78 is 31.3. The van der Waals surface area contributed by atoms with Crippen molar-refractivity contribution in [3.05, 3.63) is 0 Å². The van der Waals surface area contributed by atoms with Gasteiger partial charge in [0, 0.05) is 5.92 Å². The predicted molar refractivity (Wildman–Crippen MR) is 57.4 cm³/mol. The van der Waals surface area contributed by atoms with E-state index in [4.69, 9.17) is 11.0 Å². The van der Waals surface area contributed by atoms with E-state index >= 15 is 0 Å². The summed E-state index contributed by atoms with van der Waals surface area (Å²) in [5.41, 5.74) is 0. The fourth-order valence-electron chi connectivity index (χ4n) is 1.76. The van der Waals surface area contributed by atoms with E-state index < -0.39 is 21.3 Å². The summed E-state index contributed by atoms with van der Waals surface area (Å²) in [5, 5.41) is -0.840. The molecular weight excluding hydrogens is 200 g/mol. The fourth-order valence-corrected chi connectivity index (χ4v) is 3.08. The maximum absolute atomic E-state index is 11.1. The Kier molecular flexibility index (Phi) is 5.17. The van der Waals surface area contributed by atoms with E-state index in [2.05, 4.69) is 5.92 Å². The third-order valence-electron chi connectivity index (χ3n) is 2.40. The van der Waals surface area contributed by atoms with Crippen LogP contribution in [0.4, 0.5) is 0 Å². The molecule has 0 saturated heterocycles. The monoisotopic (exact) mass is 218 g/mol. The van der Waals surface area contributed by atoms with Crippen LogP contribution in [0.15, 0.2) is 0 Å². The van der Waals surface area contributed by atoms with Crippen molar-refractivity contribution in [1.82, 2.24) is 0 Å². The van der Waals surface area contributed by atoms with E-state index in [1.54, 1.807) is 13.8 Å². The minimum absolute atomic E-state index is 0.110. The molecule has 0 heterocycles. The van der Waals surface area contributed by atoms with Crippen molar-refractivity contribution in [3.8, 4) is 12.3 Å². The van der Waals surface area contributed by atoms with E-state index in [0.29, 0.717) is 0 Å². The lowest BCUT2D eigenvalue weighted by molar-refractivity contribution is 0.388. The number of hydrogen-bond donors (Lipinski definition) is 1. The van der Waals surface area contributed by atoms with Gasteiger partial charge in [0.15, 0.2) is 0 Å². The van der Waals surface area contributed by atoms with Gasteiger partial charge in [-0.2, -0.15) is 8.42 Å². The van der Waals surface area contributed by atoms with Gasteiger partial charge in [0.05, 0.1) is 0 Å². The molecule has 0 aromatic heterocycles. The molecule has 0 radical (unpaired) electrons. The van der Waals surface area contributed by atoms with Crippen LogP contribution in [-0.4, -0.2) is 18.2 Å². The van der Waals surface area contributed by atoms with Crippen molar-refractivity contribution in [2.75, 3.05) is 0 Å². The molecule has 0 aliphatic carbocycles. The van der Waals surface area contributed by atoms with E-state index in [0.717, 1.165) is 12.8 Å². The smallest absolute Gasteiger partial charge is 0.269 e. The first-order valence-electron chi connectivity index (χ1n) is 4.77. The lowest BCUT2D eigenvalue weighted by atomic mass is 9.93. The second-order valence-corrected chi connectivity index (χ2v) is 5.28. The molecular formula is C10H18O3S. The Morgan fingerprint density at radius 1 is 1.43 bits per heavy atom. The molecule has 0 aromatic carbocycles. The zero-order chi connectivity index (χ0) is 11.4. The second-order valence-electron chi connectivity index (χ2n) is 3.70. The van der Waals surface area contributed by atoms with Gasteiger partial charge in [-0.15, -0.1) is 12.3 Å². The van der Waals surface area contributed by atoms with Gasteiger partial charge < -0.3 is 0 Å². The zero-order valence-corrected chi connectivity index (χ0v) is 9.71. The average Bonchev–Trinajstić information content (AvgIpc) is 2.02. The molecule has 4 heteroatoms. The zero-order valence-electron chi connectivity index (χ0n) is 8.90. The molecule has 0 aromatic rings. The minimum Gasteiger partial charge on any atom is -0.285 e. The molecule has 0 amide bonds. The Morgan fingerprint density at radius 2 is 1.93 bits per heavy atom. The SMILES string of the molecule is C#C[C@H](C)C([C@H](C)CCC)S(=O)(=O)O. The normalized spacial score (nSPS) is 18.2. The van der Waals surface area contributed by atoms with Gasteiger partial charge in [0.2, 0.25) is 0 Å². The largest absolute Gasteiger partial charge is 0.285 e. The highest BCUT2D eigenvalue weighted by Crippen LogP contribution is 2.23. The van der Waals surface area contributed by atoms with Crippen LogP contribution in [-0.2, 0) is 10.1 Å². The molecule has 0 rings (SSSR count). The summed E-state index contributed by atoms with van der Waals surface area (Å²) in [5.74, 6) is 1.81.